The van der Waals surface area contributed by atoms with Crippen molar-refractivity contribution in [1.82, 2.24) is 5.06 Å². The van der Waals surface area contributed by atoms with Crippen molar-refractivity contribution in [3.05, 3.63) is 75.8 Å². The molecule has 4 heteroatoms. The maximum atomic E-state index is 6.11. The summed E-state index contributed by atoms with van der Waals surface area (Å²) in [5, 5.41) is 1.89. The van der Waals surface area contributed by atoms with Crippen LogP contribution in [-0.2, 0) is 6.42 Å². The number of allylic oxidation sites excluding steroid dienone is 1. The third-order valence-electron chi connectivity index (χ3n) is 4.08. The van der Waals surface area contributed by atoms with E-state index in [1.807, 2.05) is 31.3 Å². The summed E-state index contributed by atoms with van der Waals surface area (Å²) < 4.78 is 1.07. The van der Waals surface area contributed by atoms with Gasteiger partial charge in [0.05, 0.1) is 6.04 Å². The summed E-state index contributed by atoms with van der Waals surface area (Å²) in [6, 6.07) is 14.6. The number of aliphatic imine (C=N–C) groups is 1. The molecule has 0 saturated heterocycles. The summed E-state index contributed by atoms with van der Waals surface area (Å²) in [6.07, 6.45) is 7.10. The Labute approximate surface area is 151 Å². The zero-order valence-corrected chi connectivity index (χ0v) is 15.5. The molecular formula is C20H21BrN2O. The number of rotatable bonds is 5. The van der Waals surface area contributed by atoms with E-state index in [9.17, 15) is 0 Å². The molecule has 0 aliphatic carbocycles. The van der Waals surface area contributed by atoms with Gasteiger partial charge in [0.25, 0.3) is 0 Å². The van der Waals surface area contributed by atoms with Crippen LogP contribution in [0.2, 0.25) is 0 Å². The minimum atomic E-state index is 0.0562. The molecular weight excluding hydrogens is 364 g/mol. The lowest BCUT2D eigenvalue weighted by atomic mass is 10.0. The van der Waals surface area contributed by atoms with Crippen LogP contribution >= 0.6 is 15.9 Å². The minimum absolute atomic E-state index is 0.0562. The van der Waals surface area contributed by atoms with Crippen LogP contribution in [0.5, 0.6) is 5.75 Å². The molecule has 0 N–H and O–H groups in total. The monoisotopic (exact) mass is 384 g/mol. The van der Waals surface area contributed by atoms with Crippen molar-refractivity contribution in [2.75, 3.05) is 13.6 Å². The average molecular weight is 385 g/mol. The largest absolute Gasteiger partial charge is 0.405 e. The smallest absolute Gasteiger partial charge is 0.147 e. The van der Waals surface area contributed by atoms with Gasteiger partial charge < -0.3 is 4.84 Å². The van der Waals surface area contributed by atoms with Crippen molar-refractivity contribution >= 4 is 22.1 Å². The van der Waals surface area contributed by atoms with E-state index in [1.54, 1.807) is 0 Å². The molecule has 0 radical (unpaired) electrons. The molecule has 2 aromatic rings. The molecule has 0 amide bonds. The highest BCUT2D eigenvalue weighted by Gasteiger charge is 2.16. The van der Waals surface area contributed by atoms with Crippen LogP contribution in [0, 0.1) is 0 Å². The average Bonchev–Trinajstić information content (AvgIpc) is 2.60. The number of halogens is 1. The second-order valence-corrected chi connectivity index (χ2v) is 6.72. The summed E-state index contributed by atoms with van der Waals surface area (Å²) in [4.78, 5) is 10.4. The highest BCUT2D eigenvalue weighted by molar-refractivity contribution is 9.10. The van der Waals surface area contributed by atoms with Crippen LogP contribution in [0.4, 0.5) is 0 Å². The lowest BCUT2D eigenvalue weighted by Crippen LogP contribution is -2.27. The number of hydrogen-bond acceptors (Lipinski definition) is 3. The summed E-state index contributed by atoms with van der Waals surface area (Å²) in [6.45, 7) is 2.88. The van der Waals surface area contributed by atoms with E-state index in [0.29, 0.717) is 0 Å². The van der Waals surface area contributed by atoms with Gasteiger partial charge in [-0.05, 0) is 60.4 Å². The predicted octanol–water partition coefficient (Wildman–Crippen LogP) is 4.97. The number of fused-ring (bicyclic) bond motifs is 1. The molecule has 1 unspecified atom stereocenters. The maximum absolute atomic E-state index is 6.11. The van der Waals surface area contributed by atoms with Crippen LogP contribution < -0.4 is 4.84 Å². The highest BCUT2D eigenvalue weighted by Crippen LogP contribution is 2.26. The van der Waals surface area contributed by atoms with Crippen molar-refractivity contribution < 1.29 is 4.84 Å². The SMILES string of the molecule is CC=CC(c1ccc(Br)cc1)N(C)Oc1ccc2c(c1)CCN=C2. The van der Waals surface area contributed by atoms with Crippen molar-refractivity contribution in [3.63, 3.8) is 0 Å². The zero-order valence-electron chi connectivity index (χ0n) is 13.9. The van der Waals surface area contributed by atoms with Gasteiger partial charge in [0, 0.05) is 24.3 Å². The third-order valence-corrected chi connectivity index (χ3v) is 4.61. The topological polar surface area (TPSA) is 24.8 Å². The van der Waals surface area contributed by atoms with Gasteiger partial charge in [-0.1, -0.05) is 40.2 Å². The molecule has 1 aliphatic heterocycles. The van der Waals surface area contributed by atoms with Gasteiger partial charge in [-0.2, -0.15) is 0 Å². The number of benzene rings is 2. The second kappa shape index (κ2) is 7.77. The van der Waals surface area contributed by atoms with E-state index in [1.165, 1.54) is 16.7 Å². The number of likely N-dealkylation sites (N-methyl/N-ethyl adjacent to an activating group) is 1. The Morgan fingerprint density at radius 1 is 1.21 bits per heavy atom. The van der Waals surface area contributed by atoms with Crippen LogP contribution in [-0.4, -0.2) is 24.9 Å². The summed E-state index contributed by atoms with van der Waals surface area (Å²) in [5.74, 6) is 0.859. The zero-order chi connectivity index (χ0) is 16.9. The first-order valence-corrected chi connectivity index (χ1v) is 8.88. The fourth-order valence-corrected chi connectivity index (χ4v) is 3.10. The molecule has 1 heterocycles. The fourth-order valence-electron chi connectivity index (χ4n) is 2.84. The van der Waals surface area contributed by atoms with Gasteiger partial charge >= 0.3 is 0 Å². The van der Waals surface area contributed by atoms with Crippen LogP contribution in [0.15, 0.2) is 64.1 Å². The first-order valence-electron chi connectivity index (χ1n) is 8.09. The molecule has 0 spiro atoms. The van der Waals surface area contributed by atoms with Crippen molar-refractivity contribution in [2.45, 2.75) is 19.4 Å². The van der Waals surface area contributed by atoms with E-state index in [0.717, 1.165) is 23.2 Å². The highest BCUT2D eigenvalue weighted by atomic mass is 79.9. The number of hydrogen-bond donors (Lipinski definition) is 0. The van der Waals surface area contributed by atoms with Crippen molar-refractivity contribution in [1.29, 1.82) is 0 Å². The minimum Gasteiger partial charge on any atom is -0.405 e. The molecule has 1 atom stereocenters. The molecule has 3 rings (SSSR count). The van der Waals surface area contributed by atoms with Gasteiger partial charge in [0.1, 0.15) is 5.75 Å². The Balaban J connectivity index is 1.79. The Bertz CT molecular complexity index is 753. The Morgan fingerprint density at radius 2 is 2.00 bits per heavy atom. The van der Waals surface area contributed by atoms with E-state index < -0.39 is 0 Å². The second-order valence-electron chi connectivity index (χ2n) is 5.81. The number of hydroxylamine groups is 2. The molecule has 3 nitrogen and oxygen atoms in total. The molecule has 24 heavy (non-hydrogen) atoms. The van der Waals surface area contributed by atoms with Gasteiger partial charge in [0.2, 0.25) is 0 Å². The molecule has 0 aromatic heterocycles. The standard InChI is InChI=1S/C20H21BrN2O/c1-3-4-20(15-5-8-18(21)9-6-15)23(2)24-19-10-7-17-14-22-12-11-16(17)13-19/h3-10,13-14,20H,11-12H2,1-2H3. The molecule has 124 valence electrons. The van der Waals surface area contributed by atoms with E-state index in [2.05, 4.69) is 69.5 Å². The van der Waals surface area contributed by atoms with Crippen LogP contribution in [0.3, 0.4) is 0 Å². The predicted molar refractivity (Wildman–Crippen MR) is 103 cm³/mol. The van der Waals surface area contributed by atoms with E-state index >= 15 is 0 Å². The van der Waals surface area contributed by atoms with E-state index in [-0.39, 0.29) is 6.04 Å². The molecule has 0 bridgehead atoms. The summed E-state index contributed by atoms with van der Waals surface area (Å²) in [5.41, 5.74) is 3.67. The molecule has 1 aliphatic rings. The first kappa shape index (κ1) is 16.9. The summed E-state index contributed by atoms with van der Waals surface area (Å²) in [7, 11) is 1.97. The number of nitrogens with zero attached hydrogens (tertiary/aromatic N) is 2. The molecule has 2 aromatic carbocycles. The quantitative estimate of drug-likeness (QED) is 0.537. The van der Waals surface area contributed by atoms with Gasteiger partial charge in [-0.15, -0.1) is 5.06 Å². The maximum Gasteiger partial charge on any atom is 0.147 e. The lowest BCUT2D eigenvalue weighted by molar-refractivity contribution is -0.0571. The van der Waals surface area contributed by atoms with Gasteiger partial charge in [0.15, 0.2) is 0 Å². The third kappa shape index (κ3) is 3.94. The Hall–Kier alpha value is -1.91. The Kier molecular flexibility index (Phi) is 5.48. The van der Waals surface area contributed by atoms with E-state index in [4.69, 9.17) is 4.84 Å². The molecule has 0 saturated carbocycles. The Morgan fingerprint density at radius 3 is 2.75 bits per heavy atom. The van der Waals surface area contributed by atoms with Crippen LogP contribution in [0.1, 0.15) is 29.7 Å². The van der Waals surface area contributed by atoms with Crippen LogP contribution in [0.25, 0.3) is 0 Å². The van der Waals surface area contributed by atoms with Gasteiger partial charge in [-0.25, -0.2) is 0 Å². The van der Waals surface area contributed by atoms with Crippen molar-refractivity contribution in [2.24, 2.45) is 4.99 Å². The molecule has 0 fully saturated rings. The van der Waals surface area contributed by atoms with Crippen molar-refractivity contribution in [3.8, 4) is 5.75 Å². The van der Waals surface area contributed by atoms with Gasteiger partial charge in [-0.3, -0.25) is 4.99 Å². The summed E-state index contributed by atoms with van der Waals surface area (Å²) >= 11 is 3.49. The fraction of sp³-hybridized carbons (Fsp3) is 0.250. The normalized spacial score (nSPS) is 14.8. The lowest BCUT2D eigenvalue weighted by Gasteiger charge is -2.26. The first-order chi connectivity index (χ1) is 11.7.